The molecule has 2 rings (SSSR count). The molecule has 0 radical (unpaired) electrons. The Hall–Kier alpha value is -1.68. The van der Waals surface area contributed by atoms with E-state index in [0.717, 1.165) is 22.3 Å². The lowest BCUT2D eigenvalue weighted by Crippen LogP contribution is -2.58. The van der Waals surface area contributed by atoms with Crippen molar-refractivity contribution in [1.82, 2.24) is 4.90 Å². The number of aryl methyl sites for hydroxylation is 1. The number of aliphatic hydroxyl groups is 1. The third-order valence-electron chi connectivity index (χ3n) is 3.58. The number of carbonyl (C=O) groups excluding carboxylic acids is 1. The van der Waals surface area contributed by atoms with Crippen LogP contribution in [0.5, 0.6) is 0 Å². The molecule has 2 heterocycles. The van der Waals surface area contributed by atoms with E-state index in [-0.39, 0.29) is 23.5 Å². The Morgan fingerprint density at radius 2 is 2.18 bits per heavy atom. The second-order valence-electron chi connectivity index (χ2n) is 5.17. The van der Waals surface area contributed by atoms with Crippen molar-refractivity contribution in [3.63, 3.8) is 0 Å². The maximum absolute atomic E-state index is 12.9. The number of thiophene rings is 1. The monoisotopic (exact) mass is 338 g/mol. The van der Waals surface area contributed by atoms with E-state index in [1.165, 1.54) is 6.92 Å². The maximum atomic E-state index is 12.9. The van der Waals surface area contributed by atoms with Crippen LogP contribution < -0.4 is 0 Å². The molecule has 10 heteroatoms. The lowest BCUT2D eigenvalue weighted by atomic mass is 9.92. The highest BCUT2D eigenvalue weighted by molar-refractivity contribution is 7.14. The fourth-order valence-electron chi connectivity index (χ4n) is 2.36. The van der Waals surface area contributed by atoms with E-state index >= 15 is 0 Å². The number of alkyl halides is 3. The van der Waals surface area contributed by atoms with Crippen LogP contribution in [0.15, 0.2) is 6.07 Å². The third-order valence-corrected chi connectivity index (χ3v) is 4.61. The van der Waals surface area contributed by atoms with Crippen LogP contribution in [-0.2, 0) is 0 Å². The molecule has 0 saturated carbocycles. The van der Waals surface area contributed by atoms with Gasteiger partial charge >= 0.3 is 6.18 Å². The highest BCUT2D eigenvalue weighted by atomic mass is 32.1. The van der Waals surface area contributed by atoms with E-state index in [0.29, 0.717) is 4.88 Å². The first-order chi connectivity index (χ1) is 10.0. The van der Waals surface area contributed by atoms with Crippen molar-refractivity contribution in [2.45, 2.75) is 31.5 Å². The maximum Gasteiger partial charge on any atom is 0.418 e. The van der Waals surface area contributed by atoms with Crippen molar-refractivity contribution in [1.29, 1.82) is 0 Å². The summed E-state index contributed by atoms with van der Waals surface area (Å²) < 4.78 is 38.6. The molecule has 1 aliphatic rings. The zero-order valence-electron chi connectivity index (χ0n) is 11.5. The fourth-order valence-corrected chi connectivity index (χ4v) is 3.31. The van der Waals surface area contributed by atoms with Crippen LogP contribution in [0.4, 0.5) is 18.9 Å². The minimum Gasteiger partial charge on any atom is -0.379 e. The fraction of sp³-hybridized carbons (Fsp3) is 0.583. The molecule has 1 aromatic rings. The number of carbonyl (C=O) groups is 1. The van der Waals surface area contributed by atoms with E-state index in [9.17, 15) is 33.2 Å². The predicted octanol–water partition coefficient (Wildman–Crippen LogP) is 2.49. The molecule has 1 fully saturated rings. The van der Waals surface area contributed by atoms with Crippen LogP contribution in [0.2, 0.25) is 0 Å². The van der Waals surface area contributed by atoms with Crippen LogP contribution >= 0.6 is 11.3 Å². The van der Waals surface area contributed by atoms with Crippen molar-refractivity contribution in [2.75, 3.05) is 13.1 Å². The summed E-state index contributed by atoms with van der Waals surface area (Å²) in [5, 5.41) is 20.5. The van der Waals surface area contributed by atoms with Crippen molar-refractivity contribution in [3.8, 4) is 0 Å². The number of rotatable bonds is 2. The van der Waals surface area contributed by atoms with Gasteiger partial charge in [0, 0.05) is 12.6 Å². The van der Waals surface area contributed by atoms with Gasteiger partial charge in [-0.2, -0.15) is 13.2 Å². The molecule has 1 unspecified atom stereocenters. The lowest BCUT2D eigenvalue weighted by Gasteiger charge is -2.39. The molecule has 0 bridgehead atoms. The number of β-amino-alcohol motifs (C(OH)–C–C–N with tert-alkyl or cyclic N) is 1. The van der Waals surface area contributed by atoms with Gasteiger partial charge in [-0.1, -0.05) is 0 Å². The minimum absolute atomic E-state index is 0.00405. The predicted molar refractivity (Wildman–Crippen MR) is 71.9 cm³/mol. The Morgan fingerprint density at radius 1 is 1.55 bits per heavy atom. The van der Waals surface area contributed by atoms with Gasteiger partial charge in [-0.05, 0) is 19.8 Å². The van der Waals surface area contributed by atoms with Crippen LogP contribution in [0.1, 0.15) is 27.4 Å². The Labute approximate surface area is 127 Å². The summed E-state index contributed by atoms with van der Waals surface area (Å²) in [4.78, 5) is 23.6. The molecule has 122 valence electrons. The van der Waals surface area contributed by atoms with Gasteiger partial charge in [0.25, 0.3) is 11.6 Å². The molecule has 1 saturated heterocycles. The number of hydrogen-bond donors (Lipinski definition) is 1. The largest absolute Gasteiger partial charge is 0.418 e. The van der Waals surface area contributed by atoms with E-state index in [1.807, 2.05) is 0 Å². The first-order valence-electron chi connectivity index (χ1n) is 6.38. The molecule has 0 aliphatic carbocycles. The molecule has 1 N–H and O–H groups in total. The molecular weight excluding hydrogens is 325 g/mol. The first kappa shape index (κ1) is 16.7. The molecule has 0 spiro atoms. The third kappa shape index (κ3) is 2.93. The molecule has 1 amide bonds. The molecule has 0 aromatic carbocycles. The Bertz CT molecular complexity index is 616. The summed E-state index contributed by atoms with van der Waals surface area (Å²) >= 11 is 0.856. The standard InChI is InChI=1S/C12H13F3N2O4S/c1-7-8(17(20)21)5-9(22-7)10(18)16-4-2-3-11(19,6-16)12(13,14)15/h5,19H,2-4,6H2,1H3. The van der Waals surface area contributed by atoms with Gasteiger partial charge in [0.1, 0.15) is 0 Å². The molecular formula is C12H13F3N2O4S. The summed E-state index contributed by atoms with van der Waals surface area (Å²) in [5.41, 5.74) is -3.17. The van der Waals surface area contributed by atoms with Gasteiger partial charge in [0.15, 0.2) is 5.60 Å². The first-order valence-corrected chi connectivity index (χ1v) is 7.20. The summed E-state index contributed by atoms with van der Waals surface area (Å²) in [6.07, 6.45) is -5.29. The van der Waals surface area contributed by atoms with E-state index in [1.54, 1.807) is 0 Å². The Balaban J connectivity index is 2.23. The number of nitrogens with zero attached hydrogens (tertiary/aromatic N) is 2. The molecule has 22 heavy (non-hydrogen) atoms. The number of nitro groups is 1. The van der Waals surface area contributed by atoms with Crippen molar-refractivity contribution >= 4 is 22.9 Å². The van der Waals surface area contributed by atoms with Gasteiger partial charge in [0.05, 0.1) is 21.2 Å². The zero-order valence-corrected chi connectivity index (χ0v) is 12.3. The summed E-state index contributed by atoms with van der Waals surface area (Å²) in [6, 6.07) is 1.06. The molecule has 1 aromatic heterocycles. The molecule has 1 atom stereocenters. The quantitative estimate of drug-likeness (QED) is 0.663. The van der Waals surface area contributed by atoms with E-state index < -0.39 is 35.6 Å². The SMILES string of the molecule is Cc1sc(C(=O)N2CCCC(O)(C(F)(F)F)C2)cc1[N+](=O)[O-]. The van der Waals surface area contributed by atoms with Crippen molar-refractivity contribution in [3.05, 3.63) is 25.9 Å². The van der Waals surface area contributed by atoms with E-state index in [4.69, 9.17) is 0 Å². The summed E-state index contributed by atoms with van der Waals surface area (Å²) in [5.74, 6) is -0.733. The second kappa shape index (κ2) is 5.51. The van der Waals surface area contributed by atoms with Gasteiger partial charge < -0.3 is 10.0 Å². The Kier molecular flexibility index (Phi) is 4.18. The highest BCUT2D eigenvalue weighted by Gasteiger charge is 2.56. The number of hydrogen-bond acceptors (Lipinski definition) is 5. The van der Waals surface area contributed by atoms with Crippen LogP contribution in [0.25, 0.3) is 0 Å². The number of amides is 1. The van der Waals surface area contributed by atoms with Gasteiger partial charge in [0.2, 0.25) is 0 Å². The van der Waals surface area contributed by atoms with Gasteiger partial charge in [-0.3, -0.25) is 14.9 Å². The van der Waals surface area contributed by atoms with Crippen LogP contribution in [0.3, 0.4) is 0 Å². The minimum atomic E-state index is -4.83. The lowest BCUT2D eigenvalue weighted by molar-refractivity contribution is -0.385. The normalized spacial score (nSPS) is 22.7. The van der Waals surface area contributed by atoms with Gasteiger partial charge in [-0.25, -0.2) is 0 Å². The van der Waals surface area contributed by atoms with Crippen LogP contribution in [-0.4, -0.2) is 45.7 Å². The number of likely N-dealkylation sites (tertiary alicyclic amines) is 1. The Morgan fingerprint density at radius 3 is 2.68 bits per heavy atom. The second-order valence-corrected chi connectivity index (χ2v) is 6.43. The average Bonchev–Trinajstić information content (AvgIpc) is 2.79. The van der Waals surface area contributed by atoms with Crippen molar-refractivity contribution in [2.24, 2.45) is 0 Å². The van der Waals surface area contributed by atoms with Gasteiger partial charge in [-0.15, -0.1) is 11.3 Å². The average molecular weight is 338 g/mol. The smallest absolute Gasteiger partial charge is 0.379 e. The molecule has 6 nitrogen and oxygen atoms in total. The van der Waals surface area contributed by atoms with E-state index in [2.05, 4.69) is 0 Å². The molecule has 1 aliphatic heterocycles. The van der Waals surface area contributed by atoms with Crippen LogP contribution in [0, 0.1) is 17.0 Å². The highest BCUT2D eigenvalue weighted by Crippen LogP contribution is 2.38. The summed E-state index contributed by atoms with van der Waals surface area (Å²) in [7, 11) is 0. The summed E-state index contributed by atoms with van der Waals surface area (Å²) in [6.45, 7) is 0.671. The number of halogens is 3. The van der Waals surface area contributed by atoms with Crippen molar-refractivity contribution < 1.29 is 28.0 Å². The topological polar surface area (TPSA) is 83.7 Å². The number of piperidine rings is 1. The zero-order chi connectivity index (χ0) is 16.7.